The molecule has 0 aliphatic heterocycles. The van der Waals surface area contributed by atoms with Crippen LogP contribution in [0.25, 0.3) is 0 Å². The molecule has 0 atom stereocenters. The lowest BCUT2D eigenvalue weighted by Gasteiger charge is -2.22. The monoisotopic (exact) mass is 359 g/mol. The number of nitrogens with two attached hydrogens (primary N) is 1. The Morgan fingerprint density at radius 2 is 1.80 bits per heavy atom. The van der Waals surface area contributed by atoms with Crippen LogP contribution in [0.3, 0.4) is 0 Å². The van der Waals surface area contributed by atoms with Crippen molar-refractivity contribution in [1.29, 1.82) is 0 Å². The molecule has 0 aliphatic carbocycles. The van der Waals surface area contributed by atoms with E-state index < -0.39 is 0 Å². The van der Waals surface area contributed by atoms with E-state index in [1.165, 1.54) is 0 Å². The summed E-state index contributed by atoms with van der Waals surface area (Å²) in [6.45, 7) is 6.04. The van der Waals surface area contributed by atoms with Crippen LogP contribution in [-0.2, 0) is 15.0 Å². The quantitative estimate of drug-likeness (QED) is 0.482. The molecule has 6 heteroatoms. The highest BCUT2D eigenvalue weighted by atomic mass is 35.5. The molecule has 0 saturated carbocycles. The summed E-state index contributed by atoms with van der Waals surface area (Å²) in [4.78, 5) is 17.1. The number of benzene rings is 2. The van der Waals surface area contributed by atoms with E-state index >= 15 is 0 Å². The van der Waals surface area contributed by atoms with Crippen molar-refractivity contribution in [2.75, 3.05) is 11.9 Å². The van der Waals surface area contributed by atoms with Crippen molar-refractivity contribution >= 4 is 29.0 Å². The number of rotatable bonds is 5. The predicted molar refractivity (Wildman–Crippen MR) is 102 cm³/mol. The summed E-state index contributed by atoms with van der Waals surface area (Å²) in [5.41, 5.74) is 8.21. The van der Waals surface area contributed by atoms with Crippen molar-refractivity contribution in [1.82, 2.24) is 0 Å². The smallest absolute Gasteiger partial charge is 0.265 e. The molecule has 0 heterocycles. The SMILES string of the molecule is CC(C)(C)c1ccccc1NC(=O)CO/N=C(\N)c1ccc(Cl)cc1. The van der Waals surface area contributed by atoms with Gasteiger partial charge in [0.1, 0.15) is 0 Å². The predicted octanol–water partition coefficient (Wildman–Crippen LogP) is 3.91. The fraction of sp³-hybridized carbons (Fsp3) is 0.263. The largest absolute Gasteiger partial charge is 0.384 e. The average molecular weight is 360 g/mol. The average Bonchev–Trinajstić information content (AvgIpc) is 2.55. The number of oxime groups is 1. The zero-order chi connectivity index (χ0) is 18.4. The minimum absolute atomic E-state index is 0.0815. The summed E-state index contributed by atoms with van der Waals surface area (Å²) >= 11 is 5.82. The first-order valence-electron chi connectivity index (χ1n) is 7.88. The van der Waals surface area contributed by atoms with E-state index in [2.05, 4.69) is 31.2 Å². The number of carbonyl (C=O) groups is 1. The van der Waals surface area contributed by atoms with E-state index in [0.29, 0.717) is 10.6 Å². The van der Waals surface area contributed by atoms with Gasteiger partial charge in [-0.25, -0.2) is 0 Å². The van der Waals surface area contributed by atoms with Crippen molar-refractivity contribution in [3.05, 3.63) is 64.7 Å². The van der Waals surface area contributed by atoms with Gasteiger partial charge in [-0.1, -0.05) is 55.7 Å². The topological polar surface area (TPSA) is 76.7 Å². The molecule has 2 aromatic carbocycles. The minimum Gasteiger partial charge on any atom is -0.384 e. The lowest BCUT2D eigenvalue weighted by molar-refractivity contribution is -0.120. The third-order valence-corrected chi connectivity index (χ3v) is 3.76. The molecule has 0 bridgehead atoms. The standard InChI is InChI=1S/C19H22ClN3O2/c1-19(2,3)15-6-4-5-7-16(15)22-17(24)12-25-23-18(21)13-8-10-14(20)11-9-13/h4-11H,12H2,1-3H3,(H2,21,23)(H,22,24). The Balaban J connectivity index is 1.95. The fourth-order valence-electron chi connectivity index (χ4n) is 2.27. The Bertz CT molecular complexity index is 765. The first-order valence-corrected chi connectivity index (χ1v) is 8.26. The number of para-hydroxylation sites is 1. The Morgan fingerprint density at radius 1 is 1.16 bits per heavy atom. The van der Waals surface area contributed by atoms with E-state index in [1.807, 2.05) is 24.3 Å². The van der Waals surface area contributed by atoms with E-state index in [1.54, 1.807) is 24.3 Å². The van der Waals surface area contributed by atoms with Crippen LogP contribution in [0.15, 0.2) is 53.7 Å². The van der Waals surface area contributed by atoms with E-state index in [9.17, 15) is 4.79 Å². The third-order valence-electron chi connectivity index (χ3n) is 3.51. The lowest BCUT2D eigenvalue weighted by atomic mass is 9.86. The van der Waals surface area contributed by atoms with Gasteiger partial charge in [-0.2, -0.15) is 0 Å². The highest BCUT2D eigenvalue weighted by molar-refractivity contribution is 6.30. The second-order valence-electron chi connectivity index (χ2n) is 6.60. The van der Waals surface area contributed by atoms with Crippen LogP contribution < -0.4 is 11.1 Å². The lowest BCUT2D eigenvalue weighted by Crippen LogP contribution is -2.22. The van der Waals surface area contributed by atoms with Gasteiger partial charge >= 0.3 is 0 Å². The molecule has 0 aliphatic rings. The summed E-state index contributed by atoms with van der Waals surface area (Å²) < 4.78 is 0. The van der Waals surface area contributed by atoms with Gasteiger partial charge in [0.2, 0.25) is 0 Å². The van der Waals surface area contributed by atoms with E-state index in [4.69, 9.17) is 22.2 Å². The van der Waals surface area contributed by atoms with Gasteiger partial charge in [-0.05, 0) is 41.3 Å². The van der Waals surface area contributed by atoms with Gasteiger partial charge in [0.15, 0.2) is 12.4 Å². The van der Waals surface area contributed by atoms with Crippen LogP contribution in [-0.4, -0.2) is 18.3 Å². The number of amides is 1. The molecule has 25 heavy (non-hydrogen) atoms. The van der Waals surface area contributed by atoms with Gasteiger partial charge in [0.25, 0.3) is 5.91 Å². The van der Waals surface area contributed by atoms with Crippen LogP contribution in [0.4, 0.5) is 5.69 Å². The van der Waals surface area contributed by atoms with Gasteiger partial charge in [-0.15, -0.1) is 0 Å². The molecule has 5 nitrogen and oxygen atoms in total. The zero-order valence-electron chi connectivity index (χ0n) is 14.5. The Labute approximate surface area is 152 Å². The maximum Gasteiger partial charge on any atom is 0.265 e. The first-order chi connectivity index (χ1) is 11.8. The van der Waals surface area contributed by atoms with Gasteiger partial charge in [0.05, 0.1) is 0 Å². The zero-order valence-corrected chi connectivity index (χ0v) is 15.3. The van der Waals surface area contributed by atoms with E-state index in [-0.39, 0.29) is 23.8 Å². The molecule has 0 saturated heterocycles. The van der Waals surface area contributed by atoms with Crippen LogP contribution in [0.5, 0.6) is 0 Å². The highest BCUT2D eigenvalue weighted by Crippen LogP contribution is 2.29. The molecule has 1 amide bonds. The van der Waals surface area contributed by atoms with Crippen molar-refractivity contribution in [3.8, 4) is 0 Å². The molecular formula is C19H22ClN3O2. The molecule has 0 unspecified atom stereocenters. The number of nitrogens with one attached hydrogen (secondary N) is 1. The Hall–Kier alpha value is -2.53. The van der Waals surface area contributed by atoms with E-state index in [0.717, 1.165) is 11.3 Å². The molecule has 132 valence electrons. The third kappa shape index (κ3) is 5.50. The Kier molecular flexibility index (Phi) is 6.04. The van der Waals surface area contributed by atoms with Crippen molar-refractivity contribution < 1.29 is 9.63 Å². The van der Waals surface area contributed by atoms with Crippen molar-refractivity contribution in [3.63, 3.8) is 0 Å². The molecule has 3 N–H and O–H groups in total. The van der Waals surface area contributed by atoms with Crippen LogP contribution >= 0.6 is 11.6 Å². The minimum atomic E-state index is -0.302. The second-order valence-corrected chi connectivity index (χ2v) is 7.04. The van der Waals surface area contributed by atoms with Crippen LogP contribution in [0.1, 0.15) is 31.9 Å². The molecule has 0 aromatic heterocycles. The number of halogens is 1. The molecular weight excluding hydrogens is 338 g/mol. The summed E-state index contributed by atoms with van der Waals surface area (Å²) in [6.07, 6.45) is 0. The second kappa shape index (κ2) is 8.03. The number of hydrogen-bond acceptors (Lipinski definition) is 3. The van der Waals surface area contributed by atoms with Crippen molar-refractivity contribution in [2.24, 2.45) is 10.9 Å². The molecule has 0 fully saturated rings. The Morgan fingerprint density at radius 3 is 2.44 bits per heavy atom. The highest BCUT2D eigenvalue weighted by Gasteiger charge is 2.18. The number of nitrogens with zero attached hydrogens (tertiary/aromatic N) is 1. The number of anilines is 1. The normalized spacial score (nSPS) is 11.9. The first kappa shape index (κ1) is 18.8. The molecule has 0 spiro atoms. The fourth-order valence-corrected chi connectivity index (χ4v) is 2.39. The summed E-state index contributed by atoms with van der Waals surface area (Å²) in [5, 5.41) is 7.22. The number of hydrogen-bond donors (Lipinski definition) is 2. The summed E-state index contributed by atoms with van der Waals surface area (Å²) in [6, 6.07) is 14.5. The number of amidine groups is 1. The van der Waals surface area contributed by atoms with Crippen molar-refractivity contribution in [2.45, 2.75) is 26.2 Å². The maximum atomic E-state index is 12.1. The number of carbonyl (C=O) groups excluding carboxylic acids is 1. The van der Waals surface area contributed by atoms with Gasteiger partial charge in [0, 0.05) is 16.3 Å². The van der Waals surface area contributed by atoms with Crippen LogP contribution in [0, 0.1) is 0 Å². The van der Waals surface area contributed by atoms with Gasteiger partial charge < -0.3 is 15.9 Å². The molecule has 2 rings (SSSR count). The summed E-state index contributed by atoms with van der Waals surface area (Å²) in [5.74, 6) is -0.121. The maximum absolute atomic E-state index is 12.1. The van der Waals surface area contributed by atoms with Gasteiger partial charge in [-0.3, -0.25) is 4.79 Å². The molecule has 0 radical (unpaired) electrons. The molecule has 2 aromatic rings. The summed E-state index contributed by atoms with van der Waals surface area (Å²) in [7, 11) is 0. The van der Waals surface area contributed by atoms with Crippen LogP contribution in [0.2, 0.25) is 5.02 Å².